The Balaban J connectivity index is 1.75. The number of aryl methyl sites for hydroxylation is 1. The predicted molar refractivity (Wildman–Crippen MR) is 78.2 cm³/mol. The minimum atomic E-state index is -4.47. The molecule has 1 fully saturated rings. The number of amides is 1. The molecule has 6 nitrogen and oxygen atoms in total. The summed E-state index contributed by atoms with van der Waals surface area (Å²) in [6.07, 6.45) is -1.55. The summed E-state index contributed by atoms with van der Waals surface area (Å²) < 4.78 is 38.0. The van der Waals surface area contributed by atoms with Gasteiger partial charge in [0.05, 0.1) is 0 Å². The molecule has 0 saturated carbocycles. The molecule has 0 unspecified atom stereocenters. The predicted octanol–water partition coefficient (Wildman–Crippen LogP) is 2.55. The number of nitrogens with one attached hydrogen (secondary N) is 1. The number of hydrogen-bond acceptors (Lipinski definition) is 4. The number of hydrogen-bond donors (Lipinski definition) is 1. The van der Waals surface area contributed by atoms with E-state index >= 15 is 0 Å². The number of carbonyl (C=O) groups is 1. The molecule has 3 rings (SSSR count). The topological polar surface area (TPSA) is 74.8 Å². The van der Waals surface area contributed by atoms with Gasteiger partial charge in [-0.25, -0.2) is 9.97 Å². The number of piperidine rings is 1. The number of halogens is 3. The first-order chi connectivity index (χ1) is 11.3. The first kappa shape index (κ1) is 16.4. The van der Waals surface area contributed by atoms with Crippen LogP contribution in [0.15, 0.2) is 18.3 Å². The summed E-state index contributed by atoms with van der Waals surface area (Å²) in [6, 6.07) is 2.56. The number of alkyl halides is 3. The van der Waals surface area contributed by atoms with E-state index in [1.54, 1.807) is 11.8 Å². The number of rotatable bonds is 2. The Bertz CT molecular complexity index is 743. The average molecular weight is 339 g/mol. The largest absolute Gasteiger partial charge is 0.435 e. The number of aromatic amines is 1. The number of aromatic nitrogens is 4. The van der Waals surface area contributed by atoms with Crippen LogP contribution in [-0.4, -0.2) is 44.1 Å². The second kappa shape index (κ2) is 6.21. The molecule has 128 valence electrons. The molecule has 24 heavy (non-hydrogen) atoms. The summed E-state index contributed by atoms with van der Waals surface area (Å²) in [4.78, 5) is 22.2. The highest BCUT2D eigenvalue weighted by Crippen LogP contribution is 2.32. The SMILES string of the molecule is Cc1nccc(C(=O)N2CCC[C@@H](c3cc(C(F)(F)F)n[nH]3)C2)n1. The quantitative estimate of drug-likeness (QED) is 0.912. The van der Waals surface area contributed by atoms with Gasteiger partial charge >= 0.3 is 6.18 Å². The Morgan fingerprint density at radius 1 is 1.42 bits per heavy atom. The van der Waals surface area contributed by atoms with Crippen LogP contribution < -0.4 is 0 Å². The fourth-order valence-electron chi connectivity index (χ4n) is 2.84. The van der Waals surface area contributed by atoms with Crippen LogP contribution >= 0.6 is 0 Å². The van der Waals surface area contributed by atoms with Gasteiger partial charge in [-0.05, 0) is 31.9 Å². The monoisotopic (exact) mass is 339 g/mol. The maximum absolute atomic E-state index is 12.7. The lowest BCUT2D eigenvalue weighted by Gasteiger charge is -2.32. The van der Waals surface area contributed by atoms with E-state index in [4.69, 9.17) is 0 Å². The number of nitrogens with zero attached hydrogens (tertiary/aromatic N) is 4. The van der Waals surface area contributed by atoms with E-state index in [0.29, 0.717) is 43.1 Å². The molecule has 0 radical (unpaired) electrons. The fraction of sp³-hybridized carbons (Fsp3) is 0.467. The maximum atomic E-state index is 12.7. The second-order valence-electron chi connectivity index (χ2n) is 5.79. The van der Waals surface area contributed by atoms with Gasteiger partial charge in [0.25, 0.3) is 5.91 Å². The lowest BCUT2D eigenvalue weighted by molar-refractivity contribution is -0.141. The first-order valence-electron chi connectivity index (χ1n) is 7.56. The molecule has 9 heteroatoms. The molecule has 1 N–H and O–H groups in total. The summed E-state index contributed by atoms with van der Waals surface area (Å²) >= 11 is 0. The van der Waals surface area contributed by atoms with Gasteiger partial charge in [-0.15, -0.1) is 0 Å². The fourth-order valence-corrected chi connectivity index (χ4v) is 2.84. The van der Waals surface area contributed by atoms with Crippen molar-refractivity contribution in [2.75, 3.05) is 13.1 Å². The third kappa shape index (κ3) is 3.39. The van der Waals surface area contributed by atoms with E-state index in [2.05, 4.69) is 20.2 Å². The zero-order chi connectivity index (χ0) is 17.3. The Hall–Kier alpha value is -2.45. The molecule has 0 aromatic carbocycles. The summed E-state index contributed by atoms with van der Waals surface area (Å²) in [5.41, 5.74) is -0.241. The number of carbonyl (C=O) groups excluding carboxylic acids is 1. The van der Waals surface area contributed by atoms with Crippen molar-refractivity contribution < 1.29 is 18.0 Å². The van der Waals surface area contributed by atoms with Crippen molar-refractivity contribution in [3.05, 3.63) is 41.2 Å². The maximum Gasteiger partial charge on any atom is 0.435 e. The average Bonchev–Trinajstić information content (AvgIpc) is 3.04. The van der Waals surface area contributed by atoms with Crippen LogP contribution in [0, 0.1) is 6.92 Å². The Labute approximate surface area is 136 Å². The standard InChI is InChI=1S/C15H16F3N5O/c1-9-19-5-4-11(20-9)14(24)23-6-2-3-10(8-23)12-7-13(22-21-12)15(16,17)18/h4-5,7,10H,2-3,6,8H2,1H3,(H,21,22)/t10-/m1/s1. The normalized spacial score (nSPS) is 18.7. The highest BCUT2D eigenvalue weighted by atomic mass is 19.4. The van der Waals surface area contributed by atoms with Crippen molar-refractivity contribution in [1.29, 1.82) is 0 Å². The zero-order valence-electron chi connectivity index (χ0n) is 13.0. The smallest absolute Gasteiger partial charge is 0.337 e. The zero-order valence-corrected chi connectivity index (χ0v) is 13.0. The first-order valence-corrected chi connectivity index (χ1v) is 7.56. The van der Waals surface area contributed by atoms with Crippen LogP contribution in [0.1, 0.15) is 46.5 Å². The van der Waals surface area contributed by atoms with Gasteiger partial charge in [-0.3, -0.25) is 9.89 Å². The Morgan fingerprint density at radius 2 is 2.21 bits per heavy atom. The van der Waals surface area contributed by atoms with Gasteiger partial charge in [0.2, 0.25) is 0 Å². The number of H-pyrrole nitrogens is 1. The van der Waals surface area contributed by atoms with Crippen molar-refractivity contribution in [3.63, 3.8) is 0 Å². The number of likely N-dealkylation sites (tertiary alicyclic amines) is 1. The summed E-state index contributed by atoms with van der Waals surface area (Å²) in [7, 11) is 0. The molecule has 2 aromatic heterocycles. The van der Waals surface area contributed by atoms with E-state index in [9.17, 15) is 18.0 Å². The molecular formula is C15H16F3N5O. The van der Waals surface area contributed by atoms with Crippen molar-refractivity contribution >= 4 is 5.91 Å². The lowest BCUT2D eigenvalue weighted by atomic mass is 9.94. The van der Waals surface area contributed by atoms with E-state index in [0.717, 1.165) is 6.07 Å². The highest BCUT2D eigenvalue weighted by molar-refractivity contribution is 5.92. The Kier molecular flexibility index (Phi) is 4.25. The van der Waals surface area contributed by atoms with Crippen LogP contribution in [0.4, 0.5) is 13.2 Å². The van der Waals surface area contributed by atoms with Crippen LogP contribution in [0.5, 0.6) is 0 Å². The molecular weight excluding hydrogens is 323 g/mol. The van der Waals surface area contributed by atoms with Gasteiger partial charge in [0, 0.05) is 30.9 Å². The van der Waals surface area contributed by atoms with Gasteiger partial charge in [0.15, 0.2) is 5.69 Å². The van der Waals surface area contributed by atoms with Gasteiger partial charge in [-0.1, -0.05) is 0 Å². The van der Waals surface area contributed by atoms with E-state index in [1.165, 1.54) is 12.3 Å². The molecule has 2 aromatic rings. The van der Waals surface area contributed by atoms with Crippen LogP contribution in [-0.2, 0) is 6.18 Å². The summed E-state index contributed by atoms with van der Waals surface area (Å²) in [6.45, 7) is 2.58. The molecule has 1 aliphatic rings. The summed E-state index contributed by atoms with van der Waals surface area (Å²) in [5, 5.41) is 5.79. The minimum absolute atomic E-state index is 0.200. The van der Waals surface area contributed by atoms with Crippen LogP contribution in [0.3, 0.4) is 0 Å². The molecule has 1 aliphatic heterocycles. The molecule has 3 heterocycles. The highest BCUT2D eigenvalue weighted by Gasteiger charge is 2.35. The third-order valence-corrected chi connectivity index (χ3v) is 4.03. The minimum Gasteiger partial charge on any atom is -0.337 e. The lowest BCUT2D eigenvalue weighted by Crippen LogP contribution is -2.39. The van der Waals surface area contributed by atoms with E-state index < -0.39 is 11.9 Å². The van der Waals surface area contributed by atoms with Gasteiger partial charge < -0.3 is 4.90 Å². The van der Waals surface area contributed by atoms with Crippen molar-refractivity contribution in [1.82, 2.24) is 25.1 Å². The molecule has 1 amide bonds. The molecule has 0 bridgehead atoms. The third-order valence-electron chi connectivity index (χ3n) is 4.03. The Morgan fingerprint density at radius 3 is 2.88 bits per heavy atom. The van der Waals surface area contributed by atoms with Crippen molar-refractivity contribution in [2.45, 2.75) is 31.9 Å². The molecule has 0 aliphatic carbocycles. The molecule has 1 atom stereocenters. The van der Waals surface area contributed by atoms with Crippen molar-refractivity contribution in [2.24, 2.45) is 0 Å². The van der Waals surface area contributed by atoms with Gasteiger partial charge in [0.1, 0.15) is 11.5 Å². The second-order valence-corrected chi connectivity index (χ2v) is 5.79. The van der Waals surface area contributed by atoms with Crippen LogP contribution in [0.25, 0.3) is 0 Å². The van der Waals surface area contributed by atoms with Crippen LogP contribution in [0.2, 0.25) is 0 Å². The van der Waals surface area contributed by atoms with E-state index in [1.807, 2.05) is 0 Å². The van der Waals surface area contributed by atoms with Crippen molar-refractivity contribution in [3.8, 4) is 0 Å². The summed E-state index contributed by atoms with van der Waals surface area (Å²) in [5.74, 6) is 0.0628. The molecule has 1 saturated heterocycles. The van der Waals surface area contributed by atoms with E-state index in [-0.39, 0.29) is 11.8 Å². The molecule has 0 spiro atoms. The van der Waals surface area contributed by atoms with Gasteiger partial charge in [-0.2, -0.15) is 18.3 Å².